The molecule has 1 heterocycles. The molecule has 2 nitrogen and oxygen atoms in total. The molecular weight excluding hydrogens is 252 g/mol. The molecule has 0 bridgehead atoms. The zero-order chi connectivity index (χ0) is 13.8. The average molecular weight is 280 g/mol. The molecule has 1 N–H and O–H groups in total. The Morgan fingerprint density at radius 3 is 2.79 bits per heavy atom. The van der Waals surface area contributed by atoms with Crippen molar-refractivity contribution in [3.8, 4) is 0 Å². The van der Waals surface area contributed by atoms with E-state index in [1.165, 1.54) is 47.7 Å². The van der Waals surface area contributed by atoms with Gasteiger partial charge in [-0.1, -0.05) is 20.3 Å². The smallest absolute Gasteiger partial charge is 0.0962 e. The Morgan fingerprint density at radius 2 is 2.16 bits per heavy atom. The molecular formula is C16H28N2S. The van der Waals surface area contributed by atoms with Crippen LogP contribution in [0.2, 0.25) is 0 Å². The van der Waals surface area contributed by atoms with E-state index in [0.29, 0.717) is 6.04 Å². The third-order valence-corrected chi connectivity index (χ3v) is 5.91. The van der Waals surface area contributed by atoms with Gasteiger partial charge in [0.25, 0.3) is 0 Å². The summed E-state index contributed by atoms with van der Waals surface area (Å²) in [5.41, 5.74) is 1.25. The lowest BCUT2D eigenvalue weighted by molar-refractivity contribution is 0.521. The number of nitrogens with one attached hydrogen (secondary N) is 1. The second-order valence-electron chi connectivity index (χ2n) is 5.96. The van der Waals surface area contributed by atoms with E-state index in [4.69, 9.17) is 4.98 Å². The van der Waals surface area contributed by atoms with Gasteiger partial charge in [0.2, 0.25) is 0 Å². The van der Waals surface area contributed by atoms with Gasteiger partial charge in [-0.3, -0.25) is 0 Å². The van der Waals surface area contributed by atoms with E-state index in [1.54, 1.807) is 0 Å². The van der Waals surface area contributed by atoms with Gasteiger partial charge in [-0.25, -0.2) is 4.98 Å². The maximum Gasteiger partial charge on any atom is 0.0962 e. The number of hydrogen-bond donors (Lipinski definition) is 1. The highest BCUT2D eigenvalue weighted by molar-refractivity contribution is 7.11. The standard InChI is InChI=1S/C16H28N2S/c1-5-9-17-11(3)15-12(4)18-16(19-15)14-8-7-13(6-2)10-14/h11,13-14,17H,5-10H2,1-4H3. The highest BCUT2D eigenvalue weighted by Crippen LogP contribution is 2.42. The summed E-state index contributed by atoms with van der Waals surface area (Å²) in [6.45, 7) is 10.1. The van der Waals surface area contributed by atoms with Crippen LogP contribution < -0.4 is 5.32 Å². The van der Waals surface area contributed by atoms with E-state index in [2.05, 4.69) is 33.0 Å². The topological polar surface area (TPSA) is 24.9 Å². The Morgan fingerprint density at radius 1 is 1.37 bits per heavy atom. The quantitative estimate of drug-likeness (QED) is 0.809. The summed E-state index contributed by atoms with van der Waals surface area (Å²) in [6.07, 6.45) is 6.64. The van der Waals surface area contributed by atoms with Crippen LogP contribution >= 0.6 is 11.3 Å². The van der Waals surface area contributed by atoms with Crippen LogP contribution in [0.15, 0.2) is 0 Å². The van der Waals surface area contributed by atoms with Gasteiger partial charge in [0.15, 0.2) is 0 Å². The van der Waals surface area contributed by atoms with Gasteiger partial charge >= 0.3 is 0 Å². The van der Waals surface area contributed by atoms with Crippen molar-refractivity contribution in [3.05, 3.63) is 15.6 Å². The molecule has 0 aromatic carbocycles. The summed E-state index contributed by atoms with van der Waals surface area (Å²) < 4.78 is 0. The number of aromatic nitrogens is 1. The average Bonchev–Trinajstić information content (AvgIpc) is 3.02. The minimum Gasteiger partial charge on any atom is -0.309 e. The summed E-state index contributed by atoms with van der Waals surface area (Å²) in [5.74, 6) is 1.68. The molecule has 1 aliphatic carbocycles. The third kappa shape index (κ3) is 3.57. The summed E-state index contributed by atoms with van der Waals surface area (Å²) in [4.78, 5) is 6.32. The van der Waals surface area contributed by atoms with Crippen molar-refractivity contribution in [2.24, 2.45) is 5.92 Å². The number of nitrogens with zero attached hydrogens (tertiary/aromatic N) is 1. The fourth-order valence-corrected chi connectivity index (χ4v) is 4.37. The van der Waals surface area contributed by atoms with E-state index in [1.807, 2.05) is 11.3 Å². The maximum atomic E-state index is 4.87. The van der Waals surface area contributed by atoms with E-state index in [9.17, 15) is 0 Å². The number of rotatable bonds is 6. The molecule has 1 aromatic heterocycles. The lowest BCUT2D eigenvalue weighted by Crippen LogP contribution is -2.18. The van der Waals surface area contributed by atoms with E-state index in [-0.39, 0.29) is 0 Å². The first-order valence-electron chi connectivity index (χ1n) is 7.86. The van der Waals surface area contributed by atoms with Crippen LogP contribution in [0.5, 0.6) is 0 Å². The lowest BCUT2D eigenvalue weighted by atomic mass is 10.0. The van der Waals surface area contributed by atoms with Crippen molar-refractivity contribution in [3.63, 3.8) is 0 Å². The van der Waals surface area contributed by atoms with Crippen LogP contribution in [0.3, 0.4) is 0 Å². The van der Waals surface area contributed by atoms with Gasteiger partial charge in [-0.2, -0.15) is 0 Å². The summed E-state index contributed by atoms with van der Waals surface area (Å²) >= 11 is 1.95. The van der Waals surface area contributed by atoms with Gasteiger partial charge in [-0.15, -0.1) is 11.3 Å². The molecule has 0 radical (unpaired) electrons. The number of thiazole rings is 1. The first-order chi connectivity index (χ1) is 9.15. The van der Waals surface area contributed by atoms with Gasteiger partial charge in [0.1, 0.15) is 0 Å². The molecule has 0 aliphatic heterocycles. The maximum absolute atomic E-state index is 4.87. The van der Waals surface area contributed by atoms with Gasteiger partial charge in [0, 0.05) is 16.8 Å². The second kappa shape index (κ2) is 6.85. The van der Waals surface area contributed by atoms with Crippen molar-refractivity contribution in [2.45, 2.75) is 71.8 Å². The minimum atomic E-state index is 0.453. The molecule has 2 rings (SSSR count). The van der Waals surface area contributed by atoms with Gasteiger partial charge < -0.3 is 5.32 Å². The second-order valence-corrected chi connectivity index (χ2v) is 7.02. The molecule has 3 heteroatoms. The van der Waals surface area contributed by atoms with Crippen molar-refractivity contribution in [1.29, 1.82) is 0 Å². The summed E-state index contributed by atoms with van der Waals surface area (Å²) in [7, 11) is 0. The van der Waals surface area contributed by atoms with E-state index < -0.39 is 0 Å². The molecule has 108 valence electrons. The van der Waals surface area contributed by atoms with Gasteiger partial charge in [0.05, 0.1) is 10.7 Å². The SMILES string of the molecule is CCCNC(C)c1sc(C2CCC(CC)C2)nc1C. The molecule has 3 atom stereocenters. The molecule has 19 heavy (non-hydrogen) atoms. The minimum absolute atomic E-state index is 0.453. The Bertz CT molecular complexity index is 399. The van der Waals surface area contributed by atoms with Crippen LogP contribution in [-0.4, -0.2) is 11.5 Å². The largest absolute Gasteiger partial charge is 0.309 e. The monoisotopic (exact) mass is 280 g/mol. The molecule has 0 spiro atoms. The lowest BCUT2D eigenvalue weighted by Gasteiger charge is -2.11. The van der Waals surface area contributed by atoms with E-state index >= 15 is 0 Å². The first kappa shape index (κ1) is 15.0. The Labute approximate surface area is 122 Å². The molecule has 1 fully saturated rings. The predicted octanol–water partition coefficient (Wildman–Crippen LogP) is 4.81. The van der Waals surface area contributed by atoms with Crippen LogP contribution in [0.4, 0.5) is 0 Å². The summed E-state index contributed by atoms with van der Waals surface area (Å²) in [5, 5.41) is 4.98. The Kier molecular flexibility index (Phi) is 5.40. The fourth-order valence-electron chi connectivity index (χ4n) is 3.13. The number of hydrogen-bond acceptors (Lipinski definition) is 3. The molecule has 0 saturated heterocycles. The zero-order valence-electron chi connectivity index (χ0n) is 12.8. The van der Waals surface area contributed by atoms with Crippen LogP contribution in [0.25, 0.3) is 0 Å². The van der Waals surface area contributed by atoms with Gasteiger partial charge in [-0.05, 0) is 52.0 Å². The Hall–Kier alpha value is -0.410. The Balaban J connectivity index is 2.04. The molecule has 1 aromatic rings. The van der Waals surface area contributed by atoms with Crippen molar-refractivity contribution < 1.29 is 0 Å². The number of aryl methyl sites for hydroxylation is 1. The first-order valence-corrected chi connectivity index (χ1v) is 8.67. The zero-order valence-corrected chi connectivity index (χ0v) is 13.6. The molecule has 0 amide bonds. The molecule has 1 saturated carbocycles. The fraction of sp³-hybridized carbons (Fsp3) is 0.812. The van der Waals surface area contributed by atoms with E-state index in [0.717, 1.165) is 18.4 Å². The normalized spacial score (nSPS) is 24.8. The van der Waals surface area contributed by atoms with Crippen molar-refractivity contribution in [1.82, 2.24) is 10.3 Å². The third-order valence-electron chi connectivity index (χ3n) is 4.41. The van der Waals surface area contributed by atoms with Crippen molar-refractivity contribution in [2.75, 3.05) is 6.54 Å². The van der Waals surface area contributed by atoms with Crippen LogP contribution in [0.1, 0.15) is 80.4 Å². The van der Waals surface area contributed by atoms with Crippen LogP contribution in [0, 0.1) is 12.8 Å². The van der Waals surface area contributed by atoms with Crippen molar-refractivity contribution >= 4 is 11.3 Å². The highest BCUT2D eigenvalue weighted by Gasteiger charge is 2.28. The summed E-state index contributed by atoms with van der Waals surface area (Å²) in [6, 6.07) is 0.453. The van der Waals surface area contributed by atoms with Crippen LogP contribution in [-0.2, 0) is 0 Å². The molecule has 1 aliphatic rings. The predicted molar refractivity (Wildman–Crippen MR) is 83.9 cm³/mol. The molecule has 3 unspecified atom stereocenters. The highest BCUT2D eigenvalue weighted by atomic mass is 32.1.